The maximum absolute atomic E-state index is 13.4. The maximum Gasteiger partial charge on any atom is 0.273 e. The van der Waals surface area contributed by atoms with Gasteiger partial charge in [0.25, 0.3) is 5.91 Å². The van der Waals surface area contributed by atoms with E-state index >= 15 is 0 Å². The fraction of sp³-hybridized carbons (Fsp3) is 0.188. The van der Waals surface area contributed by atoms with Crippen LogP contribution in [0.2, 0.25) is 0 Å². The molecule has 3 rings (SSSR count). The molecule has 1 aromatic carbocycles. The van der Waals surface area contributed by atoms with Gasteiger partial charge in [-0.2, -0.15) is 0 Å². The van der Waals surface area contributed by atoms with Gasteiger partial charge in [0.1, 0.15) is 17.7 Å². The average Bonchev–Trinajstić information content (AvgIpc) is 3.04. The molecule has 0 fully saturated rings. The second-order valence-electron chi connectivity index (χ2n) is 5.23. The van der Waals surface area contributed by atoms with Crippen molar-refractivity contribution in [3.8, 4) is 0 Å². The van der Waals surface area contributed by atoms with Crippen molar-refractivity contribution in [3.63, 3.8) is 0 Å². The van der Waals surface area contributed by atoms with Crippen LogP contribution in [0.3, 0.4) is 0 Å². The van der Waals surface area contributed by atoms with Crippen LogP contribution in [0.15, 0.2) is 36.8 Å². The van der Waals surface area contributed by atoms with Gasteiger partial charge in [-0.3, -0.25) is 4.79 Å². The van der Waals surface area contributed by atoms with Gasteiger partial charge < -0.3 is 9.88 Å². The highest BCUT2D eigenvalue weighted by atomic mass is 19.2. The molecular weight excluding hydrogens is 302 g/mol. The Labute approximate surface area is 131 Å². The highest BCUT2D eigenvalue weighted by Crippen LogP contribution is 2.23. The molecule has 3 aromatic rings. The fourth-order valence-corrected chi connectivity index (χ4v) is 2.38. The summed E-state index contributed by atoms with van der Waals surface area (Å²) in [6.45, 7) is 1.74. The smallest absolute Gasteiger partial charge is 0.273 e. The zero-order chi connectivity index (χ0) is 16.6. The number of carbonyl (C=O) groups excluding carboxylic acids is 1. The molecule has 0 saturated carbocycles. The highest BCUT2D eigenvalue weighted by molar-refractivity contribution is 6.03. The van der Waals surface area contributed by atoms with Gasteiger partial charge in [0.15, 0.2) is 11.6 Å². The Balaban J connectivity index is 1.92. The Bertz CT molecular complexity index is 877. The lowest BCUT2D eigenvalue weighted by atomic mass is 10.1. The SMILES string of the molecule is C[C@@H](c1ccc(F)c(F)c1)N(C)C(=O)c1ncnc2[nH]ccc12. The molecule has 0 aliphatic carbocycles. The third-order valence-electron chi connectivity index (χ3n) is 3.88. The molecule has 1 N–H and O–H groups in total. The number of nitrogens with one attached hydrogen (secondary N) is 1. The van der Waals surface area contributed by atoms with E-state index in [9.17, 15) is 13.6 Å². The van der Waals surface area contributed by atoms with Crippen molar-refractivity contribution in [2.24, 2.45) is 0 Å². The molecule has 0 saturated heterocycles. The number of aromatic amines is 1. The van der Waals surface area contributed by atoms with Crippen LogP contribution in [0, 0.1) is 11.6 Å². The second-order valence-corrected chi connectivity index (χ2v) is 5.23. The number of nitrogens with zero attached hydrogens (tertiary/aromatic N) is 3. The topological polar surface area (TPSA) is 61.9 Å². The summed E-state index contributed by atoms with van der Waals surface area (Å²) in [6, 6.07) is 4.88. The van der Waals surface area contributed by atoms with E-state index in [1.165, 1.54) is 17.3 Å². The number of aromatic nitrogens is 3. The summed E-state index contributed by atoms with van der Waals surface area (Å²) < 4.78 is 26.4. The number of fused-ring (bicyclic) bond motifs is 1. The minimum absolute atomic E-state index is 0.258. The van der Waals surface area contributed by atoms with Crippen molar-refractivity contribution in [2.75, 3.05) is 7.05 Å². The summed E-state index contributed by atoms with van der Waals surface area (Å²) in [6.07, 6.45) is 2.98. The lowest BCUT2D eigenvalue weighted by Crippen LogP contribution is -2.30. The summed E-state index contributed by atoms with van der Waals surface area (Å²) in [4.78, 5) is 25.1. The first kappa shape index (κ1) is 15.1. The van der Waals surface area contributed by atoms with Gasteiger partial charge in [0.05, 0.1) is 11.4 Å². The predicted molar refractivity (Wildman–Crippen MR) is 80.8 cm³/mol. The molecule has 0 aliphatic rings. The van der Waals surface area contributed by atoms with E-state index in [1.54, 1.807) is 26.2 Å². The summed E-state index contributed by atoms with van der Waals surface area (Å²) >= 11 is 0. The molecule has 5 nitrogen and oxygen atoms in total. The minimum atomic E-state index is -0.940. The molecule has 2 heterocycles. The summed E-state index contributed by atoms with van der Waals surface area (Å²) in [7, 11) is 1.59. The molecule has 0 aliphatic heterocycles. The van der Waals surface area contributed by atoms with Crippen molar-refractivity contribution in [3.05, 3.63) is 59.7 Å². The first-order chi connectivity index (χ1) is 11.0. The van der Waals surface area contributed by atoms with Crippen LogP contribution in [-0.2, 0) is 0 Å². The molecule has 23 heavy (non-hydrogen) atoms. The lowest BCUT2D eigenvalue weighted by Gasteiger charge is -2.25. The zero-order valence-electron chi connectivity index (χ0n) is 12.5. The molecule has 2 aromatic heterocycles. The normalized spacial score (nSPS) is 12.3. The Hall–Kier alpha value is -2.83. The fourth-order valence-electron chi connectivity index (χ4n) is 2.38. The average molecular weight is 316 g/mol. The molecule has 1 atom stereocenters. The minimum Gasteiger partial charge on any atom is -0.346 e. The molecule has 0 spiro atoms. The Kier molecular flexibility index (Phi) is 3.77. The van der Waals surface area contributed by atoms with E-state index in [-0.39, 0.29) is 11.6 Å². The van der Waals surface area contributed by atoms with Crippen LogP contribution in [0.25, 0.3) is 11.0 Å². The number of hydrogen-bond acceptors (Lipinski definition) is 3. The monoisotopic (exact) mass is 316 g/mol. The molecule has 0 bridgehead atoms. The largest absolute Gasteiger partial charge is 0.346 e. The number of benzene rings is 1. The first-order valence-electron chi connectivity index (χ1n) is 6.99. The van der Waals surface area contributed by atoms with Crippen LogP contribution in [0.1, 0.15) is 29.0 Å². The molecule has 0 unspecified atom stereocenters. The van der Waals surface area contributed by atoms with Crippen LogP contribution in [0.4, 0.5) is 8.78 Å². The number of amides is 1. The van der Waals surface area contributed by atoms with Crippen molar-refractivity contribution >= 4 is 16.9 Å². The van der Waals surface area contributed by atoms with E-state index in [2.05, 4.69) is 15.0 Å². The molecule has 1 amide bonds. The lowest BCUT2D eigenvalue weighted by molar-refractivity contribution is 0.0738. The quantitative estimate of drug-likeness (QED) is 0.808. The van der Waals surface area contributed by atoms with Crippen molar-refractivity contribution < 1.29 is 13.6 Å². The van der Waals surface area contributed by atoms with Gasteiger partial charge >= 0.3 is 0 Å². The van der Waals surface area contributed by atoms with Gasteiger partial charge in [-0.15, -0.1) is 0 Å². The van der Waals surface area contributed by atoms with Crippen molar-refractivity contribution in [1.82, 2.24) is 19.9 Å². The van der Waals surface area contributed by atoms with Crippen LogP contribution >= 0.6 is 0 Å². The third-order valence-corrected chi connectivity index (χ3v) is 3.88. The second kappa shape index (κ2) is 5.75. The summed E-state index contributed by atoms with van der Waals surface area (Å²) in [5, 5.41) is 0.613. The van der Waals surface area contributed by atoms with Gasteiger partial charge in [-0.1, -0.05) is 6.07 Å². The third kappa shape index (κ3) is 2.65. The Morgan fingerprint density at radius 2 is 2.00 bits per heavy atom. The van der Waals surface area contributed by atoms with E-state index in [0.717, 1.165) is 12.1 Å². The summed E-state index contributed by atoms with van der Waals surface area (Å²) in [5.74, 6) is -2.18. The zero-order valence-corrected chi connectivity index (χ0v) is 12.5. The number of rotatable bonds is 3. The van der Waals surface area contributed by atoms with E-state index in [0.29, 0.717) is 16.6 Å². The molecule has 7 heteroatoms. The van der Waals surface area contributed by atoms with Crippen molar-refractivity contribution in [2.45, 2.75) is 13.0 Å². The predicted octanol–water partition coefficient (Wildman–Crippen LogP) is 3.07. The van der Waals surface area contributed by atoms with Crippen LogP contribution in [0.5, 0.6) is 0 Å². The summed E-state index contributed by atoms with van der Waals surface area (Å²) in [5.41, 5.74) is 1.32. The Morgan fingerprint density at radius 3 is 2.74 bits per heavy atom. The van der Waals surface area contributed by atoms with Gasteiger partial charge in [0.2, 0.25) is 0 Å². The van der Waals surface area contributed by atoms with Crippen LogP contribution < -0.4 is 0 Å². The van der Waals surface area contributed by atoms with E-state index in [4.69, 9.17) is 0 Å². The molecular formula is C16H14F2N4O. The number of halogens is 2. The number of H-pyrrole nitrogens is 1. The van der Waals surface area contributed by atoms with E-state index in [1.807, 2.05) is 0 Å². The number of carbonyl (C=O) groups is 1. The van der Waals surface area contributed by atoms with Crippen LogP contribution in [-0.4, -0.2) is 32.8 Å². The standard InChI is InChI=1S/C16H14F2N4O/c1-9(10-3-4-12(17)13(18)7-10)22(2)16(23)14-11-5-6-19-15(11)21-8-20-14/h3-9H,1-2H3,(H,19,20,21)/t9-/m0/s1. The molecule has 118 valence electrons. The van der Waals surface area contributed by atoms with Gasteiger partial charge in [0, 0.05) is 13.2 Å². The Morgan fingerprint density at radius 1 is 1.22 bits per heavy atom. The van der Waals surface area contributed by atoms with E-state index < -0.39 is 17.7 Å². The van der Waals surface area contributed by atoms with Crippen molar-refractivity contribution in [1.29, 1.82) is 0 Å². The van der Waals surface area contributed by atoms with Gasteiger partial charge in [-0.25, -0.2) is 18.7 Å². The van der Waals surface area contributed by atoms with Gasteiger partial charge in [-0.05, 0) is 30.7 Å². The highest BCUT2D eigenvalue weighted by Gasteiger charge is 2.23. The maximum atomic E-state index is 13.4. The molecule has 0 radical (unpaired) electrons. The number of hydrogen-bond donors (Lipinski definition) is 1. The first-order valence-corrected chi connectivity index (χ1v) is 6.99.